The Bertz CT molecular complexity index is 721. The number of benzene rings is 1. The van der Waals surface area contributed by atoms with Gasteiger partial charge in [-0.15, -0.1) is 0 Å². The number of hydrogen-bond donors (Lipinski definition) is 0. The number of aromatic nitrogens is 2. The zero-order chi connectivity index (χ0) is 19.1. The first-order valence-corrected chi connectivity index (χ1v) is 9.91. The molecule has 0 aliphatic heterocycles. The van der Waals surface area contributed by atoms with Crippen molar-refractivity contribution in [3.8, 4) is 5.75 Å². The molecule has 0 unspecified atom stereocenters. The Morgan fingerprint density at radius 3 is 2.70 bits per heavy atom. The maximum atomic E-state index is 12.3. The fourth-order valence-corrected chi connectivity index (χ4v) is 3.43. The van der Waals surface area contributed by atoms with Crippen LogP contribution in [0.15, 0.2) is 28.8 Å². The van der Waals surface area contributed by atoms with Gasteiger partial charge < -0.3 is 14.2 Å². The van der Waals surface area contributed by atoms with Crippen LogP contribution in [0, 0.1) is 5.92 Å². The maximum Gasteiger partial charge on any atom is 0.264 e. The van der Waals surface area contributed by atoms with Crippen LogP contribution in [0.4, 0.5) is 0 Å². The molecule has 0 saturated heterocycles. The van der Waals surface area contributed by atoms with Crippen molar-refractivity contribution >= 4 is 5.91 Å². The van der Waals surface area contributed by atoms with Crippen LogP contribution in [0.25, 0.3) is 0 Å². The number of rotatable bonds is 9. The van der Waals surface area contributed by atoms with Crippen molar-refractivity contribution in [3.63, 3.8) is 0 Å². The minimum Gasteiger partial charge on any atom is -0.484 e. The number of hydrogen-bond acceptors (Lipinski definition) is 5. The van der Waals surface area contributed by atoms with Crippen molar-refractivity contribution in [3.05, 3.63) is 41.5 Å². The van der Waals surface area contributed by atoms with Crippen molar-refractivity contribution < 1.29 is 14.1 Å². The number of amides is 1. The summed E-state index contributed by atoms with van der Waals surface area (Å²) in [6, 6.07) is 7.99. The van der Waals surface area contributed by atoms with E-state index in [0.29, 0.717) is 37.0 Å². The molecule has 1 saturated carbocycles. The van der Waals surface area contributed by atoms with Crippen molar-refractivity contribution in [2.24, 2.45) is 5.92 Å². The molecule has 1 aromatic heterocycles. The van der Waals surface area contributed by atoms with E-state index in [9.17, 15) is 4.79 Å². The molecule has 0 spiro atoms. The maximum absolute atomic E-state index is 12.3. The highest BCUT2D eigenvalue weighted by molar-refractivity contribution is 5.76. The number of ether oxygens (including phenoxy) is 1. The van der Waals surface area contributed by atoms with E-state index in [1.165, 1.54) is 31.2 Å². The van der Waals surface area contributed by atoms with Gasteiger partial charge in [0.05, 0.1) is 0 Å². The Balaban J connectivity index is 1.41. The third kappa shape index (κ3) is 5.81. The molecule has 1 heterocycles. The van der Waals surface area contributed by atoms with Gasteiger partial charge in [-0.05, 0) is 42.9 Å². The number of aryl methyl sites for hydroxylation is 1. The summed E-state index contributed by atoms with van der Waals surface area (Å²) in [5.41, 5.74) is 1.27. The van der Waals surface area contributed by atoms with Gasteiger partial charge in [0.1, 0.15) is 5.75 Å². The molecule has 0 bridgehead atoms. The predicted octanol–water partition coefficient (Wildman–Crippen LogP) is 3.79. The molecule has 2 aromatic rings. The molecule has 6 nitrogen and oxygen atoms in total. The fourth-order valence-electron chi connectivity index (χ4n) is 3.43. The molecule has 146 valence electrons. The second-order valence-electron chi connectivity index (χ2n) is 7.31. The van der Waals surface area contributed by atoms with E-state index in [4.69, 9.17) is 9.26 Å². The van der Waals surface area contributed by atoms with Gasteiger partial charge in [-0.1, -0.05) is 37.1 Å². The first-order valence-electron chi connectivity index (χ1n) is 9.91. The van der Waals surface area contributed by atoms with Gasteiger partial charge in [-0.3, -0.25) is 4.79 Å². The fraction of sp³-hybridized carbons (Fsp3) is 0.571. The Morgan fingerprint density at radius 2 is 2.00 bits per heavy atom. The second-order valence-corrected chi connectivity index (χ2v) is 7.31. The second kappa shape index (κ2) is 9.53. The smallest absolute Gasteiger partial charge is 0.264 e. The van der Waals surface area contributed by atoms with Gasteiger partial charge in [0, 0.05) is 26.4 Å². The predicted molar refractivity (Wildman–Crippen MR) is 102 cm³/mol. The van der Waals surface area contributed by atoms with Gasteiger partial charge in [0.25, 0.3) is 5.89 Å². The summed E-state index contributed by atoms with van der Waals surface area (Å²) in [5.74, 6) is 2.62. The first-order chi connectivity index (χ1) is 13.1. The largest absolute Gasteiger partial charge is 0.484 e. The minimum absolute atomic E-state index is 0.212. The molecule has 1 amide bonds. The lowest BCUT2D eigenvalue weighted by Gasteiger charge is -2.18. The van der Waals surface area contributed by atoms with Crippen LogP contribution in [0.5, 0.6) is 5.75 Å². The molecule has 0 radical (unpaired) electrons. The topological polar surface area (TPSA) is 68.5 Å². The zero-order valence-corrected chi connectivity index (χ0v) is 16.3. The first kappa shape index (κ1) is 19.4. The number of carbonyl (C=O) groups excluding carboxylic acids is 1. The van der Waals surface area contributed by atoms with Gasteiger partial charge in [-0.25, -0.2) is 0 Å². The Labute approximate surface area is 160 Å². The minimum atomic E-state index is 0.212. The average molecular weight is 371 g/mol. The molecule has 3 rings (SSSR count). The monoisotopic (exact) mass is 371 g/mol. The lowest BCUT2D eigenvalue weighted by Crippen LogP contribution is -2.30. The van der Waals surface area contributed by atoms with Crippen LogP contribution in [-0.2, 0) is 24.2 Å². The number of carbonyl (C=O) groups is 1. The van der Waals surface area contributed by atoms with E-state index in [-0.39, 0.29) is 12.5 Å². The highest BCUT2D eigenvalue weighted by Gasteiger charge is 2.20. The summed E-state index contributed by atoms with van der Waals surface area (Å²) < 4.78 is 10.9. The molecule has 1 aliphatic carbocycles. The van der Waals surface area contributed by atoms with Gasteiger partial charge in [0.15, 0.2) is 12.4 Å². The van der Waals surface area contributed by atoms with E-state index < -0.39 is 0 Å². The molecule has 0 N–H and O–H groups in total. The van der Waals surface area contributed by atoms with Crippen LogP contribution in [0.3, 0.4) is 0 Å². The summed E-state index contributed by atoms with van der Waals surface area (Å²) in [5, 5.41) is 3.99. The molecule has 1 aliphatic rings. The summed E-state index contributed by atoms with van der Waals surface area (Å²) in [7, 11) is 1.85. The van der Waals surface area contributed by atoms with E-state index in [0.717, 1.165) is 12.2 Å². The molecule has 0 atom stereocenters. The standard InChI is InChI=1S/C21H29N3O3/c1-3-16-8-10-18(11-9-16)26-15-20-22-19(23-27-20)12-13-24(2)21(25)14-17-6-4-5-7-17/h8-11,17H,3-7,12-15H2,1-2H3. The number of nitrogens with zero attached hydrogens (tertiary/aromatic N) is 3. The zero-order valence-electron chi connectivity index (χ0n) is 16.3. The summed E-state index contributed by atoms with van der Waals surface area (Å²) in [4.78, 5) is 18.4. The van der Waals surface area contributed by atoms with Crippen LogP contribution < -0.4 is 4.74 Å². The lowest BCUT2D eigenvalue weighted by atomic mass is 10.0. The summed E-state index contributed by atoms with van der Waals surface area (Å²) in [6.07, 6.45) is 7.16. The molecule has 27 heavy (non-hydrogen) atoms. The van der Waals surface area contributed by atoms with Crippen molar-refractivity contribution in [2.75, 3.05) is 13.6 Å². The van der Waals surface area contributed by atoms with Crippen LogP contribution in [0.1, 0.15) is 56.3 Å². The van der Waals surface area contributed by atoms with Crippen molar-refractivity contribution in [1.29, 1.82) is 0 Å². The van der Waals surface area contributed by atoms with E-state index in [1.807, 2.05) is 31.3 Å². The molecule has 1 aromatic carbocycles. The molecule has 6 heteroatoms. The number of likely N-dealkylation sites (N-methyl/N-ethyl adjacent to an activating group) is 1. The van der Waals surface area contributed by atoms with Crippen LogP contribution >= 0.6 is 0 Å². The Morgan fingerprint density at radius 1 is 1.26 bits per heavy atom. The van der Waals surface area contributed by atoms with Gasteiger partial charge in [0.2, 0.25) is 5.91 Å². The van der Waals surface area contributed by atoms with Crippen LogP contribution in [0.2, 0.25) is 0 Å². The van der Waals surface area contributed by atoms with E-state index in [1.54, 1.807) is 4.90 Å². The normalized spacial score (nSPS) is 14.4. The highest BCUT2D eigenvalue weighted by Crippen LogP contribution is 2.27. The quantitative estimate of drug-likeness (QED) is 0.671. The Hall–Kier alpha value is -2.37. The molecular weight excluding hydrogens is 342 g/mol. The third-order valence-electron chi connectivity index (χ3n) is 5.24. The van der Waals surface area contributed by atoms with Gasteiger partial charge in [-0.2, -0.15) is 4.98 Å². The molecule has 1 fully saturated rings. The van der Waals surface area contributed by atoms with E-state index >= 15 is 0 Å². The van der Waals surface area contributed by atoms with Crippen LogP contribution in [-0.4, -0.2) is 34.5 Å². The van der Waals surface area contributed by atoms with Crippen molar-refractivity contribution in [1.82, 2.24) is 15.0 Å². The summed E-state index contributed by atoms with van der Waals surface area (Å²) >= 11 is 0. The molecular formula is C21H29N3O3. The van der Waals surface area contributed by atoms with Gasteiger partial charge >= 0.3 is 0 Å². The van der Waals surface area contributed by atoms with E-state index in [2.05, 4.69) is 17.1 Å². The highest BCUT2D eigenvalue weighted by atomic mass is 16.5. The van der Waals surface area contributed by atoms with Crippen molar-refractivity contribution in [2.45, 2.75) is 58.5 Å². The third-order valence-corrected chi connectivity index (χ3v) is 5.24. The Kier molecular flexibility index (Phi) is 6.85. The average Bonchev–Trinajstić information content (AvgIpc) is 3.36. The SMILES string of the molecule is CCc1ccc(OCc2nc(CCN(C)C(=O)CC3CCCC3)no2)cc1. The summed E-state index contributed by atoms with van der Waals surface area (Å²) in [6.45, 7) is 2.97. The lowest BCUT2D eigenvalue weighted by molar-refractivity contribution is -0.130.